The van der Waals surface area contributed by atoms with Crippen molar-refractivity contribution >= 4 is 5.78 Å². The fraction of sp³-hybridized carbons (Fsp3) is 0.500. The molecule has 0 aliphatic heterocycles. The van der Waals surface area contributed by atoms with Crippen molar-refractivity contribution < 1.29 is 14.6 Å². The zero-order valence-electron chi connectivity index (χ0n) is 7.91. The van der Waals surface area contributed by atoms with Crippen LogP contribution in [-0.2, 0) is 9.53 Å². The van der Waals surface area contributed by atoms with Crippen molar-refractivity contribution in [2.75, 3.05) is 7.11 Å². The maximum atomic E-state index is 11.1. The van der Waals surface area contributed by atoms with Gasteiger partial charge in [0.05, 0.1) is 13.4 Å². The molecule has 1 saturated carbocycles. The van der Waals surface area contributed by atoms with Gasteiger partial charge in [0.25, 0.3) is 0 Å². The SMILES string of the molecule is COC=CC(=O)C=C(O)C1(C)CC1. The van der Waals surface area contributed by atoms with E-state index >= 15 is 0 Å². The third-order valence-corrected chi connectivity index (χ3v) is 2.27. The summed E-state index contributed by atoms with van der Waals surface area (Å²) in [5, 5.41) is 9.48. The summed E-state index contributed by atoms with van der Waals surface area (Å²) in [6.45, 7) is 1.94. The van der Waals surface area contributed by atoms with Gasteiger partial charge in [-0.2, -0.15) is 0 Å². The summed E-state index contributed by atoms with van der Waals surface area (Å²) < 4.78 is 4.58. The Labute approximate surface area is 77.7 Å². The highest BCUT2D eigenvalue weighted by Crippen LogP contribution is 2.50. The van der Waals surface area contributed by atoms with Crippen LogP contribution < -0.4 is 0 Å². The Morgan fingerprint density at radius 2 is 2.15 bits per heavy atom. The van der Waals surface area contributed by atoms with Gasteiger partial charge in [0.1, 0.15) is 5.76 Å². The second-order valence-electron chi connectivity index (χ2n) is 3.53. The molecule has 3 heteroatoms. The lowest BCUT2D eigenvalue weighted by atomic mass is 10.1. The Morgan fingerprint density at radius 3 is 2.62 bits per heavy atom. The van der Waals surface area contributed by atoms with Crippen LogP contribution in [0.15, 0.2) is 24.2 Å². The topological polar surface area (TPSA) is 46.5 Å². The minimum atomic E-state index is -0.243. The molecule has 1 aliphatic rings. The van der Waals surface area contributed by atoms with E-state index in [1.807, 2.05) is 6.92 Å². The Hall–Kier alpha value is -1.25. The first-order valence-corrected chi connectivity index (χ1v) is 4.23. The molecule has 72 valence electrons. The molecular weight excluding hydrogens is 168 g/mol. The molecule has 1 N–H and O–H groups in total. The van der Waals surface area contributed by atoms with Crippen molar-refractivity contribution in [2.24, 2.45) is 5.41 Å². The molecule has 0 aromatic carbocycles. The van der Waals surface area contributed by atoms with E-state index in [-0.39, 0.29) is 17.0 Å². The Bertz CT molecular complexity index is 259. The Balaban J connectivity index is 2.55. The van der Waals surface area contributed by atoms with Gasteiger partial charge >= 0.3 is 0 Å². The second-order valence-corrected chi connectivity index (χ2v) is 3.53. The Kier molecular flexibility index (Phi) is 2.76. The number of methoxy groups -OCH3 is 1. The molecule has 0 bridgehead atoms. The molecule has 1 rings (SSSR count). The van der Waals surface area contributed by atoms with Gasteiger partial charge in [0.2, 0.25) is 0 Å². The summed E-state index contributed by atoms with van der Waals surface area (Å²) in [6, 6.07) is 0. The van der Waals surface area contributed by atoms with Crippen LogP contribution in [0.2, 0.25) is 0 Å². The maximum absolute atomic E-state index is 11.1. The number of allylic oxidation sites excluding steroid dienone is 3. The number of aliphatic hydroxyl groups excluding tert-OH is 1. The van der Waals surface area contributed by atoms with E-state index < -0.39 is 0 Å². The van der Waals surface area contributed by atoms with E-state index in [0.717, 1.165) is 12.8 Å². The summed E-state index contributed by atoms with van der Waals surface area (Å²) in [7, 11) is 1.47. The molecule has 1 fully saturated rings. The number of ketones is 1. The van der Waals surface area contributed by atoms with Crippen molar-refractivity contribution in [3.63, 3.8) is 0 Å². The molecule has 0 saturated heterocycles. The molecule has 1 aliphatic carbocycles. The number of ether oxygens (including phenoxy) is 1. The van der Waals surface area contributed by atoms with Crippen LogP contribution in [0.4, 0.5) is 0 Å². The molecule has 0 amide bonds. The third kappa shape index (κ3) is 2.61. The number of hydrogen-bond acceptors (Lipinski definition) is 3. The first kappa shape index (κ1) is 9.84. The van der Waals surface area contributed by atoms with Crippen LogP contribution in [0.5, 0.6) is 0 Å². The molecule has 0 unspecified atom stereocenters. The van der Waals surface area contributed by atoms with Crippen molar-refractivity contribution in [1.29, 1.82) is 0 Å². The zero-order chi connectivity index (χ0) is 9.90. The van der Waals surface area contributed by atoms with Gasteiger partial charge in [-0.3, -0.25) is 4.79 Å². The fourth-order valence-electron chi connectivity index (χ4n) is 0.936. The summed E-state index contributed by atoms with van der Waals surface area (Å²) >= 11 is 0. The lowest BCUT2D eigenvalue weighted by Crippen LogP contribution is -2.00. The molecular formula is C10H14O3. The molecule has 0 aromatic rings. The first-order valence-electron chi connectivity index (χ1n) is 4.23. The lowest BCUT2D eigenvalue weighted by Gasteiger charge is -2.04. The van der Waals surface area contributed by atoms with Gasteiger partial charge < -0.3 is 9.84 Å². The van der Waals surface area contributed by atoms with E-state index in [1.54, 1.807) is 0 Å². The monoisotopic (exact) mass is 182 g/mol. The molecule has 0 aromatic heterocycles. The average Bonchev–Trinajstić information content (AvgIpc) is 2.81. The molecule has 0 atom stereocenters. The van der Waals surface area contributed by atoms with Crippen molar-refractivity contribution in [3.05, 3.63) is 24.2 Å². The molecule has 0 heterocycles. The van der Waals surface area contributed by atoms with Crippen LogP contribution in [0.1, 0.15) is 19.8 Å². The van der Waals surface area contributed by atoms with Gasteiger partial charge in [-0.25, -0.2) is 0 Å². The normalized spacial score (nSPS) is 20.3. The van der Waals surface area contributed by atoms with Gasteiger partial charge in [-0.15, -0.1) is 0 Å². The summed E-state index contributed by atoms with van der Waals surface area (Å²) in [5.74, 6) is -0.0641. The smallest absolute Gasteiger partial charge is 0.185 e. The molecule has 3 nitrogen and oxygen atoms in total. The van der Waals surface area contributed by atoms with E-state index in [1.165, 1.54) is 25.5 Å². The van der Waals surface area contributed by atoms with Crippen LogP contribution in [0, 0.1) is 5.41 Å². The van der Waals surface area contributed by atoms with Gasteiger partial charge in [0, 0.05) is 17.6 Å². The zero-order valence-corrected chi connectivity index (χ0v) is 7.91. The highest BCUT2D eigenvalue weighted by Gasteiger charge is 2.41. The van der Waals surface area contributed by atoms with Crippen molar-refractivity contribution in [2.45, 2.75) is 19.8 Å². The minimum Gasteiger partial charge on any atom is -0.512 e. The minimum absolute atomic E-state index is 0.142. The van der Waals surface area contributed by atoms with Gasteiger partial charge in [0.15, 0.2) is 5.78 Å². The van der Waals surface area contributed by atoms with Crippen molar-refractivity contribution in [1.82, 2.24) is 0 Å². The predicted molar refractivity (Wildman–Crippen MR) is 49.2 cm³/mol. The molecule has 0 radical (unpaired) electrons. The van der Waals surface area contributed by atoms with Crippen LogP contribution in [0.25, 0.3) is 0 Å². The van der Waals surface area contributed by atoms with Crippen molar-refractivity contribution in [3.8, 4) is 0 Å². The number of hydrogen-bond donors (Lipinski definition) is 1. The van der Waals surface area contributed by atoms with E-state index in [2.05, 4.69) is 4.74 Å². The number of aliphatic hydroxyl groups is 1. The van der Waals surface area contributed by atoms with Crippen LogP contribution >= 0.6 is 0 Å². The second kappa shape index (κ2) is 3.64. The quantitative estimate of drug-likeness (QED) is 0.534. The number of rotatable bonds is 4. The van der Waals surface area contributed by atoms with Gasteiger partial charge in [-0.05, 0) is 12.8 Å². The largest absolute Gasteiger partial charge is 0.512 e. The lowest BCUT2D eigenvalue weighted by molar-refractivity contribution is -0.110. The van der Waals surface area contributed by atoms with E-state index in [0.29, 0.717) is 0 Å². The third-order valence-electron chi connectivity index (χ3n) is 2.27. The Morgan fingerprint density at radius 1 is 1.54 bits per heavy atom. The van der Waals surface area contributed by atoms with E-state index in [4.69, 9.17) is 0 Å². The molecule has 0 spiro atoms. The summed E-state index contributed by atoms with van der Waals surface area (Å²) in [4.78, 5) is 11.1. The van der Waals surface area contributed by atoms with Crippen LogP contribution in [0.3, 0.4) is 0 Å². The standard InChI is InChI=1S/C10H14O3/c1-10(4-5-10)9(12)7-8(11)3-6-13-2/h3,6-7,12H,4-5H2,1-2H3. The number of carbonyl (C=O) groups excluding carboxylic acids is 1. The van der Waals surface area contributed by atoms with E-state index in [9.17, 15) is 9.90 Å². The first-order chi connectivity index (χ1) is 6.08. The highest BCUT2D eigenvalue weighted by molar-refractivity contribution is 5.99. The maximum Gasteiger partial charge on any atom is 0.185 e. The van der Waals surface area contributed by atoms with Crippen LogP contribution in [-0.4, -0.2) is 18.0 Å². The fourth-order valence-corrected chi connectivity index (χ4v) is 0.936. The average molecular weight is 182 g/mol. The number of carbonyl (C=O) groups is 1. The summed E-state index contributed by atoms with van der Waals surface area (Å²) in [6.07, 6.45) is 5.74. The predicted octanol–water partition coefficient (Wildman–Crippen LogP) is 1.96. The van der Waals surface area contributed by atoms with Gasteiger partial charge in [-0.1, -0.05) is 6.92 Å². The molecule has 13 heavy (non-hydrogen) atoms. The highest BCUT2D eigenvalue weighted by atomic mass is 16.5. The summed E-state index contributed by atoms with van der Waals surface area (Å²) in [5.41, 5.74) is -0.142.